The Morgan fingerprint density at radius 1 is 1.47 bits per heavy atom. The van der Waals surface area contributed by atoms with Crippen LogP contribution in [0.1, 0.15) is 22.3 Å². The van der Waals surface area contributed by atoms with E-state index in [2.05, 4.69) is 11.9 Å². The first-order valence-corrected chi connectivity index (χ1v) is 7.02. The molecule has 0 aliphatic carbocycles. The average molecular weight is 277 g/mol. The minimum absolute atomic E-state index is 0.109. The van der Waals surface area contributed by atoms with Crippen LogP contribution in [0.3, 0.4) is 0 Å². The molecule has 0 radical (unpaired) electrons. The summed E-state index contributed by atoms with van der Waals surface area (Å²) in [4.78, 5) is 22.3. The predicted molar refractivity (Wildman–Crippen MR) is 74.8 cm³/mol. The van der Waals surface area contributed by atoms with Crippen LogP contribution in [0.2, 0.25) is 0 Å². The number of β-lactam (4-membered cyclic amide) rings is 1. The summed E-state index contributed by atoms with van der Waals surface area (Å²) < 4.78 is 4.94. The van der Waals surface area contributed by atoms with Gasteiger partial charge in [0.05, 0.1) is 17.4 Å². The summed E-state index contributed by atoms with van der Waals surface area (Å²) in [5.41, 5.74) is 1.65. The summed E-state index contributed by atoms with van der Waals surface area (Å²) in [6.45, 7) is 3.71. The van der Waals surface area contributed by atoms with Crippen molar-refractivity contribution in [3.05, 3.63) is 48.0 Å². The van der Waals surface area contributed by atoms with Gasteiger partial charge in [0, 0.05) is 5.75 Å². The Balaban J connectivity index is 1.82. The molecular formula is C14H15NO3S. The van der Waals surface area contributed by atoms with E-state index in [0.29, 0.717) is 12.0 Å². The number of hydrogen-bond donors (Lipinski definition) is 1. The van der Waals surface area contributed by atoms with Crippen molar-refractivity contribution in [2.45, 2.75) is 17.5 Å². The fourth-order valence-corrected chi connectivity index (χ4v) is 2.65. The second kappa shape index (κ2) is 6.43. The Labute approximate surface area is 116 Å². The van der Waals surface area contributed by atoms with Gasteiger partial charge in [0.1, 0.15) is 6.61 Å². The lowest BCUT2D eigenvalue weighted by atomic mass is 10.1. The Kier molecular flexibility index (Phi) is 4.63. The van der Waals surface area contributed by atoms with Crippen molar-refractivity contribution in [2.24, 2.45) is 0 Å². The molecule has 2 rings (SSSR count). The highest BCUT2D eigenvalue weighted by Gasteiger charge is 2.25. The van der Waals surface area contributed by atoms with E-state index < -0.39 is 0 Å². The smallest absolute Gasteiger partial charge is 0.338 e. The fourth-order valence-electron chi connectivity index (χ4n) is 1.58. The highest BCUT2D eigenvalue weighted by atomic mass is 32.2. The zero-order valence-corrected chi connectivity index (χ0v) is 11.2. The molecule has 100 valence electrons. The van der Waals surface area contributed by atoms with Crippen LogP contribution in [0.5, 0.6) is 0 Å². The lowest BCUT2D eigenvalue weighted by Gasteiger charge is -2.26. The predicted octanol–water partition coefficient (Wildman–Crippen LogP) is 2.11. The number of benzene rings is 1. The minimum Gasteiger partial charge on any atom is -0.458 e. The van der Waals surface area contributed by atoms with Gasteiger partial charge in [-0.25, -0.2) is 4.79 Å². The zero-order chi connectivity index (χ0) is 13.7. The van der Waals surface area contributed by atoms with Gasteiger partial charge < -0.3 is 10.1 Å². The molecule has 1 aliphatic rings. The first kappa shape index (κ1) is 13.7. The number of amides is 1. The standard InChI is InChI=1S/C14H15NO3S/c1-2-7-18-14(17)11-5-3-10(4-6-11)9-19-13-8-12(16)15-13/h2-6,13H,1,7-9H2,(H,15,16). The molecule has 1 N–H and O–H groups in total. The molecule has 19 heavy (non-hydrogen) atoms. The van der Waals surface area contributed by atoms with Crippen LogP contribution < -0.4 is 5.32 Å². The van der Waals surface area contributed by atoms with Gasteiger partial charge in [-0.15, -0.1) is 11.8 Å². The highest BCUT2D eigenvalue weighted by Crippen LogP contribution is 2.23. The van der Waals surface area contributed by atoms with Crippen molar-refractivity contribution in [1.29, 1.82) is 0 Å². The summed E-state index contributed by atoms with van der Waals surface area (Å²) >= 11 is 1.69. The van der Waals surface area contributed by atoms with E-state index in [1.807, 2.05) is 12.1 Å². The summed E-state index contributed by atoms with van der Waals surface area (Å²) in [5.74, 6) is 0.579. The van der Waals surface area contributed by atoms with Crippen LogP contribution in [0.15, 0.2) is 36.9 Å². The first-order valence-electron chi connectivity index (χ1n) is 5.97. The molecular weight excluding hydrogens is 262 g/mol. The van der Waals surface area contributed by atoms with E-state index in [9.17, 15) is 9.59 Å². The molecule has 0 aromatic heterocycles. The third-order valence-corrected chi connectivity index (χ3v) is 3.85. The van der Waals surface area contributed by atoms with Crippen molar-refractivity contribution in [3.63, 3.8) is 0 Å². The number of thioether (sulfide) groups is 1. The Morgan fingerprint density at radius 3 is 2.74 bits per heavy atom. The second-order valence-corrected chi connectivity index (χ2v) is 5.35. The van der Waals surface area contributed by atoms with Crippen LogP contribution in [0, 0.1) is 0 Å². The number of carbonyl (C=O) groups excluding carboxylic acids is 2. The lowest BCUT2D eigenvalue weighted by molar-refractivity contribution is -0.126. The fraction of sp³-hybridized carbons (Fsp3) is 0.286. The number of nitrogens with one attached hydrogen (secondary N) is 1. The van der Waals surface area contributed by atoms with Crippen molar-refractivity contribution in [3.8, 4) is 0 Å². The summed E-state index contributed by atoms with van der Waals surface area (Å²) in [5, 5.41) is 3.03. The quantitative estimate of drug-likeness (QED) is 0.491. The largest absolute Gasteiger partial charge is 0.458 e. The van der Waals surface area contributed by atoms with Gasteiger partial charge in [0.15, 0.2) is 0 Å². The number of esters is 1. The second-order valence-electron chi connectivity index (χ2n) is 4.16. The number of carbonyl (C=O) groups is 2. The molecule has 1 saturated heterocycles. The third-order valence-electron chi connectivity index (χ3n) is 2.67. The summed E-state index contributed by atoms with van der Waals surface area (Å²) in [6, 6.07) is 7.30. The van der Waals surface area contributed by atoms with Gasteiger partial charge in [0.25, 0.3) is 0 Å². The van der Waals surface area contributed by atoms with Crippen LogP contribution in [0.25, 0.3) is 0 Å². The maximum Gasteiger partial charge on any atom is 0.338 e. The maximum atomic E-state index is 11.5. The van der Waals surface area contributed by atoms with Crippen molar-refractivity contribution in [2.75, 3.05) is 6.61 Å². The number of rotatable bonds is 6. The van der Waals surface area contributed by atoms with Gasteiger partial charge in [-0.1, -0.05) is 24.8 Å². The number of ether oxygens (including phenoxy) is 1. The maximum absolute atomic E-state index is 11.5. The van der Waals surface area contributed by atoms with Gasteiger partial charge >= 0.3 is 5.97 Å². The molecule has 5 heteroatoms. The van der Waals surface area contributed by atoms with Gasteiger partial charge in [-0.05, 0) is 17.7 Å². The van der Waals surface area contributed by atoms with Gasteiger partial charge in [-0.3, -0.25) is 4.79 Å². The highest BCUT2D eigenvalue weighted by molar-refractivity contribution is 7.99. The summed E-state index contributed by atoms with van der Waals surface area (Å²) in [7, 11) is 0. The molecule has 1 aromatic rings. The van der Waals surface area contributed by atoms with Crippen LogP contribution in [0.4, 0.5) is 0 Å². The number of hydrogen-bond acceptors (Lipinski definition) is 4. The SMILES string of the molecule is C=CCOC(=O)c1ccc(CSC2CC(=O)N2)cc1. The molecule has 1 unspecified atom stereocenters. The van der Waals surface area contributed by atoms with Gasteiger partial charge in [-0.2, -0.15) is 0 Å². The van der Waals surface area contributed by atoms with E-state index in [4.69, 9.17) is 4.74 Å². The van der Waals surface area contributed by atoms with Gasteiger partial charge in [0.2, 0.25) is 5.91 Å². The molecule has 4 nitrogen and oxygen atoms in total. The Bertz CT molecular complexity index is 476. The van der Waals surface area contributed by atoms with E-state index in [1.165, 1.54) is 6.08 Å². The third kappa shape index (κ3) is 3.86. The normalized spacial score (nSPS) is 17.3. The zero-order valence-electron chi connectivity index (χ0n) is 10.4. The molecule has 0 spiro atoms. The van der Waals surface area contributed by atoms with E-state index in [0.717, 1.165) is 11.3 Å². The molecule has 1 aliphatic heterocycles. The monoisotopic (exact) mass is 277 g/mol. The van der Waals surface area contributed by atoms with E-state index >= 15 is 0 Å². The molecule has 1 amide bonds. The van der Waals surface area contributed by atoms with E-state index in [1.54, 1.807) is 23.9 Å². The molecule has 1 aromatic carbocycles. The first-order chi connectivity index (χ1) is 9.19. The minimum atomic E-state index is -0.342. The summed E-state index contributed by atoms with van der Waals surface area (Å²) in [6.07, 6.45) is 2.13. The Morgan fingerprint density at radius 2 is 2.16 bits per heavy atom. The Hall–Kier alpha value is -1.75. The molecule has 1 fully saturated rings. The lowest BCUT2D eigenvalue weighted by Crippen LogP contribution is -2.46. The average Bonchev–Trinajstić information content (AvgIpc) is 2.40. The topological polar surface area (TPSA) is 55.4 Å². The van der Waals surface area contributed by atoms with Crippen molar-refractivity contribution < 1.29 is 14.3 Å². The van der Waals surface area contributed by atoms with E-state index in [-0.39, 0.29) is 23.9 Å². The molecule has 1 heterocycles. The molecule has 1 atom stereocenters. The van der Waals surface area contributed by atoms with Crippen LogP contribution in [-0.4, -0.2) is 23.9 Å². The van der Waals surface area contributed by atoms with Crippen LogP contribution >= 0.6 is 11.8 Å². The van der Waals surface area contributed by atoms with Crippen LogP contribution in [-0.2, 0) is 15.3 Å². The molecule has 0 saturated carbocycles. The van der Waals surface area contributed by atoms with Crippen molar-refractivity contribution in [1.82, 2.24) is 5.32 Å². The van der Waals surface area contributed by atoms with Crippen molar-refractivity contribution >= 4 is 23.6 Å². The molecule has 0 bridgehead atoms.